The van der Waals surface area contributed by atoms with E-state index in [4.69, 9.17) is 0 Å². The van der Waals surface area contributed by atoms with Crippen LogP contribution in [-0.2, 0) is 4.79 Å². The van der Waals surface area contributed by atoms with Gasteiger partial charge in [-0.25, -0.2) is 4.99 Å². The highest BCUT2D eigenvalue weighted by Crippen LogP contribution is 2.31. The van der Waals surface area contributed by atoms with Crippen LogP contribution in [0, 0.1) is 6.92 Å². The molecular weight excluding hydrogens is 366 g/mol. The van der Waals surface area contributed by atoms with Gasteiger partial charge in [-0.3, -0.25) is 4.79 Å². The zero-order valence-electron chi connectivity index (χ0n) is 14.1. The van der Waals surface area contributed by atoms with Crippen molar-refractivity contribution in [3.63, 3.8) is 0 Å². The van der Waals surface area contributed by atoms with E-state index in [1.54, 1.807) is 0 Å². The smallest absolute Gasteiger partial charge is 0.275 e. The number of amides is 1. The lowest BCUT2D eigenvalue weighted by Crippen LogP contribution is -2.21. The lowest BCUT2D eigenvalue weighted by atomic mass is 10.1. The fourth-order valence-electron chi connectivity index (χ4n) is 2.85. The highest BCUT2D eigenvalue weighted by Gasteiger charge is 2.26. The van der Waals surface area contributed by atoms with E-state index >= 15 is 0 Å². The van der Waals surface area contributed by atoms with Gasteiger partial charge in [-0.15, -0.1) is 0 Å². The van der Waals surface area contributed by atoms with Gasteiger partial charge in [-0.05, 0) is 62.7 Å². The van der Waals surface area contributed by atoms with Gasteiger partial charge in [-0.2, -0.15) is 0 Å². The maximum Gasteiger partial charge on any atom is 0.275 e. The quantitative estimate of drug-likeness (QED) is 0.830. The Bertz CT molecular complexity index is 808. The number of aliphatic imine (C=N–C) groups is 1. The van der Waals surface area contributed by atoms with Gasteiger partial charge in [0.2, 0.25) is 0 Å². The van der Waals surface area contributed by atoms with Crippen molar-refractivity contribution in [2.24, 2.45) is 4.99 Å². The van der Waals surface area contributed by atoms with E-state index in [-0.39, 0.29) is 5.91 Å². The van der Waals surface area contributed by atoms with Crippen molar-refractivity contribution in [1.29, 1.82) is 0 Å². The van der Waals surface area contributed by atoms with Crippen molar-refractivity contribution in [2.75, 3.05) is 23.3 Å². The molecule has 2 aromatic rings. The summed E-state index contributed by atoms with van der Waals surface area (Å²) in [6.45, 7) is 8.21. The summed E-state index contributed by atoms with van der Waals surface area (Å²) in [5.74, 6) is -0.157. The summed E-state index contributed by atoms with van der Waals surface area (Å²) in [5, 5.41) is 2.88. The molecule has 3 rings (SSSR count). The number of carbonyl (C=O) groups excluding carboxylic acids is 1. The van der Waals surface area contributed by atoms with Gasteiger partial charge in [-0.1, -0.05) is 15.9 Å². The summed E-state index contributed by atoms with van der Waals surface area (Å²) in [6.07, 6.45) is 0. The van der Waals surface area contributed by atoms with Crippen LogP contribution in [0.1, 0.15) is 25.0 Å². The second-order valence-electron chi connectivity index (χ2n) is 5.75. The van der Waals surface area contributed by atoms with E-state index < -0.39 is 0 Å². The molecule has 4 nitrogen and oxygen atoms in total. The first-order valence-electron chi connectivity index (χ1n) is 8.09. The number of carbonyl (C=O) groups is 1. The summed E-state index contributed by atoms with van der Waals surface area (Å²) in [4.78, 5) is 19.1. The Morgan fingerprint density at radius 2 is 1.79 bits per heavy atom. The van der Waals surface area contributed by atoms with E-state index in [1.165, 1.54) is 5.69 Å². The van der Waals surface area contributed by atoms with E-state index in [9.17, 15) is 4.79 Å². The van der Waals surface area contributed by atoms with Gasteiger partial charge in [0.05, 0.1) is 11.4 Å². The summed E-state index contributed by atoms with van der Waals surface area (Å²) < 4.78 is 0.978. The topological polar surface area (TPSA) is 44.7 Å². The normalized spacial score (nSPS) is 14.7. The fourth-order valence-corrected chi connectivity index (χ4v) is 3.19. The Labute approximate surface area is 150 Å². The molecule has 1 aliphatic rings. The predicted octanol–water partition coefficient (Wildman–Crippen LogP) is 4.68. The second kappa shape index (κ2) is 6.77. The van der Waals surface area contributed by atoms with Gasteiger partial charge in [0.15, 0.2) is 0 Å². The number of nitrogens with one attached hydrogen (secondary N) is 1. The van der Waals surface area contributed by atoms with Crippen LogP contribution in [0.5, 0.6) is 0 Å². The van der Waals surface area contributed by atoms with Crippen molar-refractivity contribution >= 4 is 44.6 Å². The minimum atomic E-state index is -0.157. The number of fused-ring (bicyclic) bond motifs is 1. The van der Waals surface area contributed by atoms with Gasteiger partial charge in [0, 0.05) is 28.8 Å². The highest BCUT2D eigenvalue weighted by molar-refractivity contribution is 9.10. The maximum absolute atomic E-state index is 12.3. The van der Waals surface area contributed by atoms with Crippen molar-refractivity contribution in [3.8, 4) is 0 Å². The molecule has 0 unspecified atom stereocenters. The zero-order chi connectivity index (χ0) is 17.3. The maximum atomic E-state index is 12.3. The Hall–Kier alpha value is -2.14. The van der Waals surface area contributed by atoms with Crippen molar-refractivity contribution in [1.82, 2.24) is 0 Å². The molecule has 0 saturated heterocycles. The van der Waals surface area contributed by atoms with Crippen LogP contribution < -0.4 is 10.2 Å². The largest absolute Gasteiger partial charge is 0.372 e. The van der Waals surface area contributed by atoms with Gasteiger partial charge >= 0.3 is 0 Å². The second-order valence-corrected chi connectivity index (χ2v) is 6.60. The Morgan fingerprint density at radius 1 is 1.12 bits per heavy atom. The molecule has 1 amide bonds. The standard InChI is InChI=1S/C19H20BrN3O/c1-4-23(5-2)14-8-6-13(7-9-14)21-18-15-10-12(3)16(20)11-17(15)22-19(18)24/h6-11H,4-5H2,1-3H3,(H,21,22,24). The number of halogens is 1. The molecule has 0 aromatic heterocycles. The number of hydrogen-bond acceptors (Lipinski definition) is 3. The molecule has 5 heteroatoms. The lowest BCUT2D eigenvalue weighted by molar-refractivity contribution is -0.110. The minimum absolute atomic E-state index is 0.157. The van der Waals surface area contributed by atoms with E-state index in [1.807, 2.05) is 43.3 Å². The fraction of sp³-hybridized carbons (Fsp3) is 0.263. The molecule has 24 heavy (non-hydrogen) atoms. The highest BCUT2D eigenvalue weighted by atomic mass is 79.9. The first-order chi connectivity index (χ1) is 11.5. The summed E-state index contributed by atoms with van der Waals surface area (Å²) >= 11 is 3.49. The number of benzene rings is 2. The van der Waals surface area contributed by atoms with Gasteiger partial charge in [0.1, 0.15) is 5.71 Å². The summed E-state index contributed by atoms with van der Waals surface area (Å²) in [5.41, 5.74) is 5.15. The Kier molecular flexibility index (Phi) is 4.71. The summed E-state index contributed by atoms with van der Waals surface area (Å²) in [7, 11) is 0. The molecule has 2 aromatic carbocycles. The van der Waals surface area contributed by atoms with Crippen molar-refractivity contribution in [2.45, 2.75) is 20.8 Å². The average Bonchev–Trinajstić information content (AvgIpc) is 2.86. The van der Waals surface area contributed by atoms with Gasteiger partial charge < -0.3 is 10.2 Å². The molecule has 0 aliphatic carbocycles. The van der Waals surface area contributed by atoms with Crippen LogP contribution in [0.2, 0.25) is 0 Å². The summed E-state index contributed by atoms with van der Waals surface area (Å²) in [6, 6.07) is 11.9. The molecule has 0 saturated carbocycles. The van der Waals surface area contributed by atoms with Crippen LogP contribution in [0.25, 0.3) is 0 Å². The molecule has 124 valence electrons. The molecule has 1 aliphatic heterocycles. The first kappa shape index (κ1) is 16.7. The SMILES string of the molecule is CCN(CC)c1ccc(N=C2C(=O)Nc3cc(Br)c(C)cc32)cc1. The monoisotopic (exact) mass is 385 g/mol. The van der Waals surface area contributed by atoms with Crippen molar-refractivity contribution < 1.29 is 4.79 Å². The van der Waals surface area contributed by atoms with Crippen LogP contribution >= 0.6 is 15.9 Å². The van der Waals surface area contributed by atoms with Crippen LogP contribution in [0.4, 0.5) is 17.1 Å². The molecule has 0 spiro atoms. The number of nitrogens with zero attached hydrogens (tertiary/aromatic N) is 2. The third-order valence-corrected chi connectivity index (χ3v) is 5.09. The van der Waals surface area contributed by atoms with Gasteiger partial charge in [0.25, 0.3) is 5.91 Å². The number of aryl methyl sites for hydroxylation is 1. The average molecular weight is 386 g/mol. The van der Waals surface area contributed by atoms with E-state index in [0.29, 0.717) is 5.71 Å². The van der Waals surface area contributed by atoms with E-state index in [0.717, 1.165) is 40.1 Å². The number of anilines is 2. The minimum Gasteiger partial charge on any atom is -0.372 e. The molecule has 0 radical (unpaired) electrons. The third-order valence-electron chi connectivity index (χ3n) is 4.24. The lowest BCUT2D eigenvalue weighted by Gasteiger charge is -2.20. The molecule has 1 heterocycles. The zero-order valence-corrected chi connectivity index (χ0v) is 15.6. The Morgan fingerprint density at radius 3 is 2.42 bits per heavy atom. The number of hydrogen-bond donors (Lipinski definition) is 1. The van der Waals surface area contributed by atoms with E-state index in [2.05, 4.69) is 45.0 Å². The Balaban J connectivity index is 1.95. The van der Waals surface area contributed by atoms with Crippen LogP contribution in [0.15, 0.2) is 45.9 Å². The number of rotatable bonds is 4. The molecule has 0 atom stereocenters. The van der Waals surface area contributed by atoms with Crippen molar-refractivity contribution in [3.05, 3.63) is 52.0 Å². The molecule has 0 bridgehead atoms. The molecule has 0 fully saturated rings. The molecular formula is C19H20BrN3O. The first-order valence-corrected chi connectivity index (χ1v) is 8.88. The van der Waals surface area contributed by atoms with Crippen LogP contribution in [0.3, 0.4) is 0 Å². The predicted molar refractivity (Wildman–Crippen MR) is 104 cm³/mol. The third kappa shape index (κ3) is 3.08. The molecule has 1 N–H and O–H groups in total. The van der Waals surface area contributed by atoms with Crippen LogP contribution in [-0.4, -0.2) is 24.7 Å².